The van der Waals surface area contributed by atoms with Crippen LogP contribution in [0.5, 0.6) is 23.1 Å². The zero-order chi connectivity index (χ0) is 22.4. The normalized spacial score (nSPS) is 10.3. The van der Waals surface area contributed by atoms with E-state index in [9.17, 15) is 14.9 Å². The van der Waals surface area contributed by atoms with Crippen LogP contribution in [0.2, 0.25) is 0 Å². The highest BCUT2D eigenvalue weighted by molar-refractivity contribution is 6.04. The van der Waals surface area contributed by atoms with Gasteiger partial charge >= 0.3 is 5.69 Å². The summed E-state index contributed by atoms with van der Waals surface area (Å²) in [5, 5.41) is 13.9. The SMILES string of the molecule is CCOc1ccc(C(=O)Nc2ccc(Oc3ccc(C)cc3OC)nc2)cc1[N+](=O)[O-]. The van der Waals surface area contributed by atoms with Gasteiger partial charge in [-0.05, 0) is 49.7 Å². The number of ether oxygens (including phenoxy) is 3. The number of hydrogen-bond acceptors (Lipinski definition) is 7. The average Bonchev–Trinajstić information content (AvgIpc) is 2.76. The van der Waals surface area contributed by atoms with Crippen molar-refractivity contribution in [2.75, 3.05) is 19.0 Å². The quantitative estimate of drug-likeness (QED) is 0.411. The predicted octanol–water partition coefficient (Wildman–Crippen LogP) is 4.75. The monoisotopic (exact) mass is 423 g/mol. The van der Waals surface area contributed by atoms with Crippen molar-refractivity contribution in [3.8, 4) is 23.1 Å². The number of benzene rings is 2. The van der Waals surface area contributed by atoms with E-state index in [0.29, 0.717) is 23.1 Å². The summed E-state index contributed by atoms with van der Waals surface area (Å²) in [7, 11) is 1.55. The van der Waals surface area contributed by atoms with Gasteiger partial charge in [-0.3, -0.25) is 14.9 Å². The van der Waals surface area contributed by atoms with E-state index < -0.39 is 10.8 Å². The van der Waals surface area contributed by atoms with Gasteiger partial charge in [0, 0.05) is 17.7 Å². The minimum absolute atomic E-state index is 0.110. The lowest BCUT2D eigenvalue weighted by Gasteiger charge is -2.11. The molecule has 0 fully saturated rings. The van der Waals surface area contributed by atoms with Gasteiger partial charge in [0.15, 0.2) is 17.2 Å². The van der Waals surface area contributed by atoms with Crippen molar-refractivity contribution in [2.24, 2.45) is 0 Å². The van der Waals surface area contributed by atoms with Crippen LogP contribution in [-0.2, 0) is 0 Å². The second-order valence-electron chi connectivity index (χ2n) is 6.47. The van der Waals surface area contributed by atoms with E-state index in [1.54, 1.807) is 32.2 Å². The fraction of sp³-hybridized carbons (Fsp3) is 0.182. The smallest absolute Gasteiger partial charge is 0.311 e. The van der Waals surface area contributed by atoms with Crippen molar-refractivity contribution in [3.63, 3.8) is 0 Å². The number of aryl methyl sites for hydroxylation is 1. The van der Waals surface area contributed by atoms with Crippen molar-refractivity contribution < 1.29 is 23.9 Å². The maximum Gasteiger partial charge on any atom is 0.311 e. The number of amides is 1. The molecule has 3 aromatic rings. The maximum atomic E-state index is 12.5. The van der Waals surface area contributed by atoms with E-state index in [-0.39, 0.29) is 23.6 Å². The summed E-state index contributed by atoms with van der Waals surface area (Å²) in [5.74, 6) is 1.01. The third-order valence-corrected chi connectivity index (χ3v) is 4.25. The fourth-order valence-electron chi connectivity index (χ4n) is 2.77. The topological polar surface area (TPSA) is 113 Å². The second kappa shape index (κ2) is 9.57. The van der Waals surface area contributed by atoms with E-state index >= 15 is 0 Å². The zero-order valence-corrected chi connectivity index (χ0v) is 17.2. The first-order chi connectivity index (χ1) is 14.9. The highest BCUT2D eigenvalue weighted by Gasteiger charge is 2.19. The van der Waals surface area contributed by atoms with Crippen LogP contribution in [0.4, 0.5) is 11.4 Å². The van der Waals surface area contributed by atoms with Crippen molar-refractivity contribution in [1.29, 1.82) is 0 Å². The summed E-state index contributed by atoms with van der Waals surface area (Å²) in [4.78, 5) is 27.3. The summed E-state index contributed by atoms with van der Waals surface area (Å²) < 4.78 is 16.3. The molecule has 160 valence electrons. The summed E-state index contributed by atoms with van der Waals surface area (Å²) in [6, 6.07) is 12.8. The first-order valence-corrected chi connectivity index (χ1v) is 9.42. The van der Waals surface area contributed by atoms with Crippen LogP contribution < -0.4 is 19.5 Å². The lowest BCUT2D eigenvalue weighted by atomic mass is 10.1. The number of nitro benzene ring substituents is 1. The predicted molar refractivity (Wildman–Crippen MR) is 114 cm³/mol. The lowest BCUT2D eigenvalue weighted by Crippen LogP contribution is -2.12. The van der Waals surface area contributed by atoms with Crippen LogP contribution in [0, 0.1) is 17.0 Å². The van der Waals surface area contributed by atoms with Crippen LogP contribution in [0.3, 0.4) is 0 Å². The molecule has 0 saturated carbocycles. The van der Waals surface area contributed by atoms with E-state index in [2.05, 4.69) is 10.3 Å². The number of nitrogens with one attached hydrogen (secondary N) is 1. The maximum absolute atomic E-state index is 12.5. The van der Waals surface area contributed by atoms with Gasteiger partial charge in [0.1, 0.15) is 0 Å². The Bertz CT molecular complexity index is 1100. The number of nitrogens with zero attached hydrogens (tertiary/aromatic N) is 2. The van der Waals surface area contributed by atoms with Crippen molar-refractivity contribution in [3.05, 3.63) is 76.0 Å². The molecule has 0 saturated heterocycles. The Morgan fingerprint density at radius 2 is 1.87 bits per heavy atom. The Labute approximate surface area is 178 Å². The van der Waals surface area contributed by atoms with Gasteiger partial charge in [0.05, 0.1) is 30.5 Å². The molecule has 0 aliphatic carbocycles. The highest BCUT2D eigenvalue weighted by Crippen LogP contribution is 2.32. The number of anilines is 1. The molecule has 0 atom stereocenters. The lowest BCUT2D eigenvalue weighted by molar-refractivity contribution is -0.385. The molecule has 1 heterocycles. The summed E-state index contributed by atoms with van der Waals surface area (Å²) in [6.07, 6.45) is 1.43. The van der Waals surface area contributed by atoms with Crippen LogP contribution in [0.1, 0.15) is 22.8 Å². The van der Waals surface area contributed by atoms with Crippen molar-refractivity contribution in [1.82, 2.24) is 4.98 Å². The Hall–Kier alpha value is -4.14. The molecule has 0 aliphatic rings. The molecule has 0 aliphatic heterocycles. The Morgan fingerprint density at radius 3 is 2.52 bits per heavy atom. The molecule has 1 N–H and O–H groups in total. The molecule has 9 nitrogen and oxygen atoms in total. The van der Waals surface area contributed by atoms with Gasteiger partial charge in [-0.25, -0.2) is 4.98 Å². The third kappa shape index (κ3) is 5.27. The standard InChI is InChI=1S/C22H21N3O6/c1-4-30-18-9-6-15(12-17(18)25(27)28)22(26)24-16-7-10-21(23-13-16)31-19-8-5-14(2)11-20(19)29-3/h5-13H,4H2,1-3H3,(H,24,26). The highest BCUT2D eigenvalue weighted by atomic mass is 16.6. The van der Waals surface area contributed by atoms with Crippen LogP contribution in [-0.4, -0.2) is 29.5 Å². The average molecular weight is 423 g/mol. The Morgan fingerprint density at radius 1 is 1.10 bits per heavy atom. The van der Waals surface area contributed by atoms with Gasteiger partial charge in [-0.1, -0.05) is 6.07 Å². The molecule has 1 aromatic heterocycles. The van der Waals surface area contributed by atoms with Crippen LogP contribution in [0.15, 0.2) is 54.7 Å². The molecule has 2 aromatic carbocycles. The van der Waals surface area contributed by atoms with Gasteiger partial charge in [0.2, 0.25) is 5.88 Å². The number of methoxy groups -OCH3 is 1. The van der Waals surface area contributed by atoms with Gasteiger partial charge < -0.3 is 19.5 Å². The number of aromatic nitrogens is 1. The molecule has 31 heavy (non-hydrogen) atoms. The molecule has 1 amide bonds. The summed E-state index contributed by atoms with van der Waals surface area (Å²) >= 11 is 0. The second-order valence-corrected chi connectivity index (χ2v) is 6.47. The molecule has 9 heteroatoms. The minimum Gasteiger partial charge on any atom is -0.493 e. The van der Waals surface area contributed by atoms with Gasteiger partial charge in [-0.2, -0.15) is 0 Å². The number of pyridine rings is 1. The fourth-order valence-corrected chi connectivity index (χ4v) is 2.77. The van der Waals surface area contributed by atoms with Crippen LogP contribution >= 0.6 is 0 Å². The zero-order valence-electron chi connectivity index (χ0n) is 17.2. The molecule has 0 radical (unpaired) electrons. The number of carbonyl (C=O) groups excluding carboxylic acids is 1. The molecule has 0 spiro atoms. The largest absolute Gasteiger partial charge is 0.493 e. The third-order valence-electron chi connectivity index (χ3n) is 4.25. The number of rotatable bonds is 8. The molecule has 0 bridgehead atoms. The van der Waals surface area contributed by atoms with E-state index in [4.69, 9.17) is 14.2 Å². The minimum atomic E-state index is -0.588. The molecule has 0 unspecified atom stereocenters. The van der Waals surface area contributed by atoms with Gasteiger partial charge in [0.25, 0.3) is 5.91 Å². The summed E-state index contributed by atoms with van der Waals surface area (Å²) in [6.45, 7) is 3.95. The Balaban J connectivity index is 1.72. The van der Waals surface area contributed by atoms with Crippen molar-refractivity contribution >= 4 is 17.3 Å². The van der Waals surface area contributed by atoms with Gasteiger partial charge in [-0.15, -0.1) is 0 Å². The first kappa shape index (κ1) is 21.6. The molecule has 3 rings (SSSR count). The number of nitro groups is 1. The summed E-state index contributed by atoms with van der Waals surface area (Å²) in [5.41, 5.74) is 1.29. The van der Waals surface area contributed by atoms with E-state index in [0.717, 1.165) is 5.56 Å². The number of hydrogen-bond donors (Lipinski definition) is 1. The Kier molecular flexibility index (Phi) is 6.66. The number of carbonyl (C=O) groups is 1. The molecular weight excluding hydrogens is 402 g/mol. The van der Waals surface area contributed by atoms with Crippen LogP contribution in [0.25, 0.3) is 0 Å². The van der Waals surface area contributed by atoms with Crippen molar-refractivity contribution in [2.45, 2.75) is 13.8 Å². The molecular formula is C22H21N3O6. The first-order valence-electron chi connectivity index (χ1n) is 9.42. The van der Waals surface area contributed by atoms with E-state index in [1.165, 1.54) is 24.4 Å². The van der Waals surface area contributed by atoms with E-state index in [1.807, 2.05) is 19.1 Å².